The van der Waals surface area contributed by atoms with E-state index in [1.54, 1.807) is 0 Å². The first-order valence-electron chi connectivity index (χ1n) is 6.81. The molecule has 0 unspecified atom stereocenters. The molecule has 0 aliphatic carbocycles. The van der Waals surface area contributed by atoms with Crippen molar-refractivity contribution in [2.75, 3.05) is 5.32 Å². The molecular formula is C13H9F3N8O2. The van der Waals surface area contributed by atoms with Crippen molar-refractivity contribution in [1.82, 2.24) is 25.1 Å². The molecule has 0 saturated heterocycles. The molecule has 0 fully saturated rings. The summed E-state index contributed by atoms with van der Waals surface area (Å²) in [6.45, 7) is 0. The highest BCUT2D eigenvalue weighted by atomic mass is 19.4. The summed E-state index contributed by atoms with van der Waals surface area (Å²) in [5.74, 6) is -0.00460. The number of oxime groups is 1. The molecule has 0 saturated carbocycles. The largest absolute Gasteiger partial charge is 0.417 e. The second kappa shape index (κ2) is 6.62. The zero-order chi connectivity index (χ0) is 18.7. The average molecular weight is 366 g/mol. The quantitative estimate of drug-likeness (QED) is 0.272. The van der Waals surface area contributed by atoms with Crippen LogP contribution in [-0.4, -0.2) is 36.1 Å². The Labute approximate surface area is 142 Å². The topological polar surface area (TPSA) is 148 Å². The van der Waals surface area contributed by atoms with E-state index in [9.17, 15) is 13.2 Å². The van der Waals surface area contributed by atoms with Gasteiger partial charge in [-0.15, -0.1) is 0 Å². The van der Waals surface area contributed by atoms with Crippen molar-refractivity contribution < 1.29 is 22.9 Å². The number of nitrogens with one attached hydrogen (secondary N) is 1. The van der Waals surface area contributed by atoms with Gasteiger partial charge in [0.2, 0.25) is 5.82 Å². The van der Waals surface area contributed by atoms with E-state index in [0.29, 0.717) is 6.20 Å². The third-order valence-corrected chi connectivity index (χ3v) is 3.00. The predicted octanol–water partition coefficient (Wildman–Crippen LogP) is 1.78. The summed E-state index contributed by atoms with van der Waals surface area (Å²) in [6, 6.07) is 1.92. The monoisotopic (exact) mass is 366 g/mol. The minimum Gasteiger partial charge on any atom is -0.409 e. The van der Waals surface area contributed by atoms with Crippen LogP contribution in [0.4, 0.5) is 25.0 Å². The van der Waals surface area contributed by atoms with Gasteiger partial charge in [-0.2, -0.15) is 18.2 Å². The highest BCUT2D eigenvalue weighted by Gasteiger charge is 2.30. The standard InChI is InChI=1S/C13H9F3N8O2/c14-13(15,16)6-1-2-7(18-3-6)11-22-12(26-24-11)21-9-5-19-8(4-20-9)10(17)23-25/h1-5,25H,(H2,17,23)(H,20,21,22,24). The van der Waals surface area contributed by atoms with Crippen LogP contribution in [0.1, 0.15) is 11.3 Å². The van der Waals surface area contributed by atoms with Gasteiger partial charge >= 0.3 is 12.2 Å². The van der Waals surface area contributed by atoms with E-state index in [4.69, 9.17) is 15.5 Å². The zero-order valence-corrected chi connectivity index (χ0v) is 12.6. The van der Waals surface area contributed by atoms with Gasteiger partial charge < -0.3 is 15.5 Å². The molecule has 0 spiro atoms. The van der Waals surface area contributed by atoms with Gasteiger partial charge in [0.25, 0.3) is 0 Å². The van der Waals surface area contributed by atoms with Crippen molar-refractivity contribution in [3.63, 3.8) is 0 Å². The molecule has 3 aromatic rings. The summed E-state index contributed by atoms with van der Waals surface area (Å²) < 4.78 is 42.5. The molecule has 3 rings (SSSR count). The number of hydrogen-bond donors (Lipinski definition) is 3. The molecule has 0 atom stereocenters. The Hall–Kier alpha value is -3.77. The summed E-state index contributed by atoms with van der Waals surface area (Å²) in [7, 11) is 0. The van der Waals surface area contributed by atoms with E-state index >= 15 is 0 Å². The summed E-state index contributed by atoms with van der Waals surface area (Å²) >= 11 is 0. The summed E-state index contributed by atoms with van der Waals surface area (Å²) in [6.07, 6.45) is -1.29. The fourth-order valence-electron chi connectivity index (χ4n) is 1.76. The second-order valence-electron chi connectivity index (χ2n) is 4.75. The molecule has 3 heterocycles. The van der Waals surface area contributed by atoms with Crippen LogP contribution in [-0.2, 0) is 6.18 Å². The predicted molar refractivity (Wildman–Crippen MR) is 80.4 cm³/mol. The Balaban J connectivity index is 1.74. The van der Waals surface area contributed by atoms with Crippen LogP contribution >= 0.6 is 0 Å². The number of nitrogens with zero attached hydrogens (tertiary/aromatic N) is 6. The summed E-state index contributed by atoms with van der Waals surface area (Å²) in [5.41, 5.74) is 4.73. The van der Waals surface area contributed by atoms with Crippen LogP contribution in [0, 0.1) is 0 Å². The van der Waals surface area contributed by atoms with Crippen molar-refractivity contribution in [2.45, 2.75) is 6.18 Å². The molecule has 26 heavy (non-hydrogen) atoms. The van der Waals surface area contributed by atoms with E-state index in [-0.39, 0.29) is 34.9 Å². The second-order valence-corrected chi connectivity index (χ2v) is 4.75. The van der Waals surface area contributed by atoms with Crippen molar-refractivity contribution in [2.24, 2.45) is 10.9 Å². The lowest BCUT2D eigenvalue weighted by Gasteiger charge is -2.05. The molecule has 0 aliphatic heterocycles. The number of halogens is 3. The third kappa shape index (κ3) is 3.66. The average Bonchev–Trinajstić information content (AvgIpc) is 3.09. The number of nitrogens with two attached hydrogens (primary N) is 1. The molecule has 13 heteroatoms. The molecule has 0 bridgehead atoms. The van der Waals surface area contributed by atoms with E-state index in [2.05, 4.69) is 35.6 Å². The lowest BCUT2D eigenvalue weighted by Crippen LogP contribution is -2.15. The minimum atomic E-state index is -4.48. The van der Waals surface area contributed by atoms with Gasteiger partial charge in [-0.3, -0.25) is 10.3 Å². The van der Waals surface area contributed by atoms with Crippen molar-refractivity contribution >= 4 is 17.7 Å². The maximum atomic E-state index is 12.5. The first-order valence-corrected chi connectivity index (χ1v) is 6.81. The van der Waals surface area contributed by atoms with Crippen LogP contribution < -0.4 is 11.1 Å². The number of amidine groups is 1. The fourth-order valence-corrected chi connectivity index (χ4v) is 1.76. The zero-order valence-electron chi connectivity index (χ0n) is 12.6. The van der Waals surface area contributed by atoms with Gasteiger partial charge in [0.05, 0.1) is 18.0 Å². The van der Waals surface area contributed by atoms with Crippen LogP contribution in [0.2, 0.25) is 0 Å². The molecule has 0 amide bonds. The van der Waals surface area contributed by atoms with Crippen LogP contribution in [0.15, 0.2) is 40.4 Å². The van der Waals surface area contributed by atoms with E-state index in [1.165, 1.54) is 12.4 Å². The number of aromatic nitrogens is 5. The van der Waals surface area contributed by atoms with E-state index in [0.717, 1.165) is 12.1 Å². The van der Waals surface area contributed by atoms with Crippen LogP contribution in [0.5, 0.6) is 0 Å². The number of alkyl halides is 3. The number of anilines is 2. The molecule has 134 valence electrons. The summed E-state index contributed by atoms with van der Waals surface area (Å²) in [5, 5.41) is 17.6. The molecule has 4 N–H and O–H groups in total. The number of rotatable bonds is 4. The van der Waals surface area contributed by atoms with E-state index < -0.39 is 11.7 Å². The van der Waals surface area contributed by atoms with Crippen LogP contribution in [0.25, 0.3) is 11.5 Å². The summed E-state index contributed by atoms with van der Waals surface area (Å²) in [4.78, 5) is 15.5. The lowest BCUT2D eigenvalue weighted by molar-refractivity contribution is -0.137. The fraction of sp³-hybridized carbons (Fsp3) is 0.0769. The molecule has 0 aromatic carbocycles. The van der Waals surface area contributed by atoms with Crippen molar-refractivity contribution in [1.29, 1.82) is 0 Å². The Morgan fingerprint density at radius 3 is 2.54 bits per heavy atom. The maximum absolute atomic E-state index is 12.5. The molecule has 0 radical (unpaired) electrons. The Bertz CT molecular complexity index is 922. The maximum Gasteiger partial charge on any atom is 0.417 e. The third-order valence-electron chi connectivity index (χ3n) is 3.00. The van der Waals surface area contributed by atoms with Gasteiger partial charge in [-0.1, -0.05) is 10.3 Å². The Morgan fingerprint density at radius 1 is 1.15 bits per heavy atom. The molecule has 3 aromatic heterocycles. The first kappa shape index (κ1) is 17.1. The number of hydrogen-bond acceptors (Lipinski definition) is 9. The Kier molecular flexibility index (Phi) is 4.34. The van der Waals surface area contributed by atoms with Gasteiger partial charge in [-0.05, 0) is 12.1 Å². The van der Waals surface area contributed by atoms with Gasteiger partial charge in [0.1, 0.15) is 11.4 Å². The highest BCUT2D eigenvalue weighted by molar-refractivity contribution is 5.94. The van der Waals surface area contributed by atoms with Gasteiger partial charge in [-0.25, -0.2) is 9.97 Å². The minimum absolute atomic E-state index is 0.0116. The van der Waals surface area contributed by atoms with E-state index in [1.807, 2.05) is 0 Å². The van der Waals surface area contributed by atoms with Crippen LogP contribution in [0.3, 0.4) is 0 Å². The smallest absolute Gasteiger partial charge is 0.409 e. The molecular weight excluding hydrogens is 357 g/mol. The lowest BCUT2D eigenvalue weighted by atomic mass is 10.2. The van der Waals surface area contributed by atoms with Gasteiger partial charge in [0, 0.05) is 6.20 Å². The number of pyridine rings is 1. The Morgan fingerprint density at radius 2 is 1.96 bits per heavy atom. The van der Waals surface area contributed by atoms with Crippen molar-refractivity contribution in [3.8, 4) is 11.5 Å². The highest BCUT2D eigenvalue weighted by Crippen LogP contribution is 2.29. The normalized spacial score (nSPS) is 12.2. The first-order chi connectivity index (χ1) is 12.4. The van der Waals surface area contributed by atoms with Gasteiger partial charge in [0.15, 0.2) is 11.7 Å². The van der Waals surface area contributed by atoms with Crippen molar-refractivity contribution in [3.05, 3.63) is 42.0 Å². The molecule has 0 aliphatic rings. The molecule has 10 nitrogen and oxygen atoms in total. The SMILES string of the molecule is N/C(=N\O)c1cnc(Nc2nc(-c3ccc(C(F)(F)F)cn3)no2)cn1.